The summed E-state index contributed by atoms with van der Waals surface area (Å²) >= 11 is 6.83. The minimum absolute atomic E-state index is 0.185. The highest BCUT2D eigenvalue weighted by atomic mass is 79.9. The maximum absolute atomic E-state index is 11.1. The lowest BCUT2D eigenvalue weighted by atomic mass is 10.2. The van der Waals surface area contributed by atoms with E-state index in [4.69, 9.17) is 9.84 Å². The Morgan fingerprint density at radius 2 is 1.95 bits per heavy atom. The van der Waals surface area contributed by atoms with Gasteiger partial charge in [0.2, 0.25) is 0 Å². The Morgan fingerprint density at radius 3 is 2.57 bits per heavy atom. The summed E-state index contributed by atoms with van der Waals surface area (Å²) in [7, 11) is 1.57. The second kappa shape index (κ2) is 6.44. The number of rotatable bonds is 4. The van der Waals surface area contributed by atoms with Gasteiger partial charge in [0.15, 0.2) is 0 Å². The van der Waals surface area contributed by atoms with Crippen LogP contribution in [-0.4, -0.2) is 23.2 Å². The van der Waals surface area contributed by atoms with Crippen molar-refractivity contribution < 1.29 is 14.6 Å². The Bertz CT molecular complexity index is 705. The monoisotopic (exact) mass is 414 g/mol. The molecule has 0 spiro atoms. The number of hydrogen-bond acceptors (Lipinski definition) is 4. The van der Waals surface area contributed by atoms with E-state index in [0.717, 1.165) is 14.6 Å². The minimum Gasteiger partial charge on any atom is -0.495 e. The molecule has 0 radical (unpaired) electrons. The molecule has 2 aromatic rings. The number of aromatic carboxylic acids is 1. The first-order valence-electron chi connectivity index (χ1n) is 5.92. The maximum Gasteiger partial charge on any atom is 0.335 e. The van der Waals surface area contributed by atoms with Crippen molar-refractivity contribution in [2.24, 2.45) is 0 Å². The number of ether oxygens (including phenoxy) is 1. The van der Waals surface area contributed by atoms with E-state index in [0.29, 0.717) is 17.3 Å². The average molecular weight is 416 g/mol. The predicted octanol–water partition coefficient (Wildman–Crippen LogP) is 4.37. The summed E-state index contributed by atoms with van der Waals surface area (Å²) in [6, 6.07) is 6.63. The molecule has 2 rings (SSSR count). The molecule has 2 N–H and O–H groups in total. The summed E-state index contributed by atoms with van der Waals surface area (Å²) in [6.45, 7) is 1.74. The number of benzene rings is 1. The van der Waals surface area contributed by atoms with Gasteiger partial charge in [-0.05, 0) is 57.0 Å². The van der Waals surface area contributed by atoms with Gasteiger partial charge < -0.3 is 15.2 Å². The Hall–Kier alpha value is -1.60. The van der Waals surface area contributed by atoms with Gasteiger partial charge in [-0.25, -0.2) is 9.78 Å². The van der Waals surface area contributed by atoms with Gasteiger partial charge in [0, 0.05) is 16.2 Å². The summed E-state index contributed by atoms with van der Waals surface area (Å²) in [4.78, 5) is 15.4. The van der Waals surface area contributed by atoms with Crippen LogP contribution in [-0.2, 0) is 0 Å². The second-order valence-electron chi connectivity index (χ2n) is 4.28. The van der Waals surface area contributed by atoms with E-state index in [-0.39, 0.29) is 5.56 Å². The van der Waals surface area contributed by atoms with Crippen LogP contribution in [0.2, 0.25) is 0 Å². The fraction of sp³-hybridized carbons (Fsp3) is 0.143. The van der Waals surface area contributed by atoms with Crippen molar-refractivity contribution >= 4 is 49.3 Å². The van der Waals surface area contributed by atoms with Crippen LogP contribution in [0.25, 0.3) is 0 Å². The predicted molar refractivity (Wildman–Crippen MR) is 87.6 cm³/mol. The van der Waals surface area contributed by atoms with Gasteiger partial charge in [0.25, 0.3) is 0 Å². The van der Waals surface area contributed by atoms with Crippen LogP contribution in [0.1, 0.15) is 16.1 Å². The molecule has 0 saturated heterocycles. The zero-order valence-electron chi connectivity index (χ0n) is 11.3. The number of aryl methyl sites for hydroxylation is 1. The number of nitrogens with zero attached hydrogens (tertiary/aromatic N) is 1. The summed E-state index contributed by atoms with van der Waals surface area (Å²) in [5.74, 6) is 0.125. The third-order valence-electron chi connectivity index (χ3n) is 2.70. The number of carbonyl (C=O) groups is 1. The summed E-state index contributed by atoms with van der Waals surface area (Å²) in [5, 5.41) is 12.2. The van der Waals surface area contributed by atoms with Gasteiger partial charge in [-0.2, -0.15) is 0 Å². The van der Waals surface area contributed by atoms with Gasteiger partial charge in [-0.3, -0.25) is 0 Å². The Morgan fingerprint density at radius 1 is 1.24 bits per heavy atom. The van der Waals surface area contributed by atoms with E-state index in [2.05, 4.69) is 42.2 Å². The minimum atomic E-state index is -0.990. The number of pyridine rings is 1. The molecule has 7 heteroatoms. The largest absolute Gasteiger partial charge is 0.495 e. The molecule has 21 heavy (non-hydrogen) atoms. The van der Waals surface area contributed by atoms with E-state index in [1.807, 2.05) is 6.07 Å². The molecule has 1 aromatic heterocycles. The lowest BCUT2D eigenvalue weighted by molar-refractivity contribution is 0.0696. The average Bonchev–Trinajstić information content (AvgIpc) is 2.41. The molecule has 110 valence electrons. The van der Waals surface area contributed by atoms with Crippen LogP contribution in [0, 0.1) is 6.92 Å². The normalized spacial score (nSPS) is 10.3. The Balaban J connectivity index is 2.40. The van der Waals surface area contributed by atoms with Crippen LogP contribution >= 0.6 is 31.9 Å². The molecule has 0 amide bonds. The zero-order valence-corrected chi connectivity index (χ0v) is 14.4. The van der Waals surface area contributed by atoms with Crippen LogP contribution in [0.5, 0.6) is 5.75 Å². The molecule has 0 bridgehead atoms. The van der Waals surface area contributed by atoms with Crippen molar-refractivity contribution in [3.63, 3.8) is 0 Å². The number of halogens is 2. The molecule has 1 aromatic carbocycles. The van der Waals surface area contributed by atoms with Crippen molar-refractivity contribution in [2.45, 2.75) is 6.92 Å². The smallest absolute Gasteiger partial charge is 0.335 e. The summed E-state index contributed by atoms with van der Waals surface area (Å²) in [5.41, 5.74) is 1.53. The molecular weight excluding hydrogens is 404 g/mol. The van der Waals surface area contributed by atoms with Crippen LogP contribution in [0.4, 0.5) is 11.5 Å². The second-order valence-corrected chi connectivity index (χ2v) is 5.99. The fourth-order valence-electron chi connectivity index (χ4n) is 1.78. The molecule has 1 heterocycles. The SMILES string of the molecule is COc1cc(Nc2cc(C(=O)O)cc(C)n2)c(Br)cc1Br. The van der Waals surface area contributed by atoms with Gasteiger partial charge in [-0.15, -0.1) is 0 Å². The highest BCUT2D eigenvalue weighted by Crippen LogP contribution is 2.35. The zero-order chi connectivity index (χ0) is 15.6. The third-order valence-corrected chi connectivity index (χ3v) is 3.98. The van der Waals surface area contributed by atoms with Crippen molar-refractivity contribution in [2.75, 3.05) is 12.4 Å². The van der Waals surface area contributed by atoms with Crippen LogP contribution in [0.15, 0.2) is 33.2 Å². The lowest BCUT2D eigenvalue weighted by Crippen LogP contribution is -2.02. The first kappa shape index (κ1) is 15.8. The molecule has 0 aliphatic carbocycles. The quantitative estimate of drug-likeness (QED) is 0.775. The molecule has 0 atom stereocenters. The van der Waals surface area contributed by atoms with Crippen molar-refractivity contribution in [3.8, 4) is 5.75 Å². The number of aromatic nitrogens is 1. The number of anilines is 2. The highest BCUT2D eigenvalue weighted by molar-refractivity contribution is 9.11. The molecular formula is C14H12Br2N2O3. The van der Waals surface area contributed by atoms with Crippen molar-refractivity contribution in [1.29, 1.82) is 0 Å². The molecule has 0 saturated carbocycles. The molecule has 0 fully saturated rings. The van der Waals surface area contributed by atoms with Gasteiger partial charge in [0.05, 0.1) is 22.8 Å². The Kier molecular flexibility index (Phi) is 4.84. The topological polar surface area (TPSA) is 71.5 Å². The van der Waals surface area contributed by atoms with Crippen LogP contribution < -0.4 is 10.1 Å². The standard InChI is InChI=1S/C14H12Br2N2O3/c1-7-3-8(14(19)20)4-13(17-7)18-11-6-12(21-2)10(16)5-9(11)15/h3-6H,1-2H3,(H,17,18)(H,19,20). The van der Waals surface area contributed by atoms with E-state index in [9.17, 15) is 4.79 Å². The lowest BCUT2D eigenvalue weighted by Gasteiger charge is -2.12. The summed E-state index contributed by atoms with van der Waals surface area (Å²) in [6.07, 6.45) is 0. The molecule has 0 unspecified atom stereocenters. The third kappa shape index (κ3) is 3.74. The number of carboxylic acids is 1. The highest BCUT2D eigenvalue weighted by Gasteiger charge is 2.10. The first-order chi connectivity index (χ1) is 9.90. The first-order valence-corrected chi connectivity index (χ1v) is 7.51. The Labute approximate surface area is 138 Å². The van der Waals surface area contributed by atoms with Gasteiger partial charge in [-0.1, -0.05) is 0 Å². The van der Waals surface area contributed by atoms with Crippen molar-refractivity contribution in [1.82, 2.24) is 4.98 Å². The number of methoxy groups -OCH3 is 1. The molecule has 5 nitrogen and oxygen atoms in total. The molecule has 0 aliphatic rings. The van der Waals surface area contributed by atoms with Gasteiger partial charge in [0.1, 0.15) is 11.6 Å². The summed E-state index contributed by atoms with van der Waals surface area (Å²) < 4.78 is 6.85. The fourth-order valence-corrected chi connectivity index (χ4v) is 3.03. The van der Waals surface area contributed by atoms with E-state index in [1.54, 1.807) is 20.1 Å². The number of carboxylic acid groups (broad SMARTS) is 1. The molecule has 0 aliphatic heterocycles. The van der Waals surface area contributed by atoms with Crippen LogP contribution in [0.3, 0.4) is 0 Å². The van der Waals surface area contributed by atoms with E-state index >= 15 is 0 Å². The maximum atomic E-state index is 11.1. The van der Waals surface area contributed by atoms with Crippen molar-refractivity contribution in [3.05, 3.63) is 44.5 Å². The van der Waals surface area contributed by atoms with Gasteiger partial charge >= 0.3 is 5.97 Å². The number of nitrogens with one attached hydrogen (secondary N) is 1. The number of hydrogen-bond donors (Lipinski definition) is 2. The van der Waals surface area contributed by atoms with E-state index < -0.39 is 5.97 Å². The van der Waals surface area contributed by atoms with E-state index in [1.165, 1.54) is 12.1 Å².